The van der Waals surface area contributed by atoms with E-state index < -0.39 is 0 Å². The lowest BCUT2D eigenvalue weighted by atomic mass is 9.97. The number of benzene rings is 1. The fraction of sp³-hybridized carbons (Fsp3) is 0.429. The molecule has 0 spiro atoms. The maximum Gasteiger partial charge on any atom is 0.230 e. The summed E-state index contributed by atoms with van der Waals surface area (Å²) in [6, 6.07) is 9.44. The molecule has 2 N–H and O–H groups in total. The zero-order valence-corrected chi connectivity index (χ0v) is 10.3. The van der Waals surface area contributed by atoms with E-state index in [9.17, 15) is 9.59 Å². The molecule has 2 amide bonds. The first-order valence-corrected chi connectivity index (χ1v) is 6.34. The van der Waals surface area contributed by atoms with Crippen molar-refractivity contribution in [2.75, 3.05) is 13.1 Å². The molecule has 1 fully saturated rings. The average Bonchev–Trinajstić information content (AvgIpc) is 2.40. The highest BCUT2D eigenvalue weighted by Crippen LogP contribution is 2.11. The number of piperidine rings is 1. The Kier molecular flexibility index (Phi) is 4.47. The Bertz CT molecular complexity index is 411. The van der Waals surface area contributed by atoms with E-state index in [4.69, 9.17) is 0 Å². The third-order valence-corrected chi connectivity index (χ3v) is 3.18. The molecule has 1 aliphatic heterocycles. The normalized spacial score (nSPS) is 16.2. The second-order valence-corrected chi connectivity index (χ2v) is 4.60. The lowest BCUT2D eigenvalue weighted by molar-refractivity contribution is -0.133. The lowest BCUT2D eigenvalue weighted by Gasteiger charge is -2.21. The Hall–Kier alpha value is -1.68. The first-order chi connectivity index (χ1) is 8.75. The van der Waals surface area contributed by atoms with Crippen LogP contribution >= 0.6 is 0 Å². The van der Waals surface area contributed by atoms with E-state index >= 15 is 0 Å². The highest BCUT2D eigenvalue weighted by Gasteiger charge is 2.22. The van der Waals surface area contributed by atoms with E-state index in [-0.39, 0.29) is 24.2 Å². The third-order valence-electron chi connectivity index (χ3n) is 3.18. The van der Waals surface area contributed by atoms with E-state index in [0.717, 1.165) is 31.5 Å². The molecular weight excluding hydrogens is 228 g/mol. The molecule has 1 saturated heterocycles. The van der Waals surface area contributed by atoms with Crippen molar-refractivity contribution < 1.29 is 9.59 Å². The zero-order valence-electron chi connectivity index (χ0n) is 10.3. The van der Waals surface area contributed by atoms with Crippen molar-refractivity contribution in [2.45, 2.75) is 19.3 Å². The molecule has 0 bridgehead atoms. The molecule has 18 heavy (non-hydrogen) atoms. The summed E-state index contributed by atoms with van der Waals surface area (Å²) in [5, 5.41) is 5.69. The molecule has 0 saturated carbocycles. The summed E-state index contributed by atoms with van der Waals surface area (Å²) in [7, 11) is 0. The van der Waals surface area contributed by atoms with Gasteiger partial charge in [0, 0.05) is 5.92 Å². The topological polar surface area (TPSA) is 58.2 Å². The van der Waals surface area contributed by atoms with Gasteiger partial charge in [0.25, 0.3) is 0 Å². The second-order valence-electron chi connectivity index (χ2n) is 4.60. The van der Waals surface area contributed by atoms with Crippen molar-refractivity contribution >= 4 is 11.8 Å². The van der Waals surface area contributed by atoms with Gasteiger partial charge in [-0.25, -0.2) is 0 Å². The zero-order chi connectivity index (χ0) is 12.8. The molecule has 4 nitrogen and oxygen atoms in total. The van der Waals surface area contributed by atoms with E-state index in [1.807, 2.05) is 30.3 Å². The van der Waals surface area contributed by atoms with Crippen LogP contribution in [0, 0.1) is 5.92 Å². The van der Waals surface area contributed by atoms with Gasteiger partial charge in [0.2, 0.25) is 11.8 Å². The minimum atomic E-state index is -0.218. The first-order valence-electron chi connectivity index (χ1n) is 6.34. The summed E-state index contributed by atoms with van der Waals surface area (Å²) in [5.74, 6) is -0.367. The van der Waals surface area contributed by atoms with Crippen molar-refractivity contribution in [3.8, 4) is 0 Å². The number of nitrogens with one attached hydrogen (secondary N) is 2. The number of hydrogen-bond acceptors (Lipinski definition) is 3. The summed E-state index contributed by atoms with van der Waals surface area (Å²) in [6.07, 6.45) is 1.88. The largest absolute Gasteiger partial charge is 0.317 e. The molecule has 0 aromatic heterocycles. The molecule has 0 aliphatic carbocycles. The molecular formula is C14H18N2O2. The van der Waals surface area contributed by atoms with Gasteiger partial charge in [0.1, 0.15) is 0 Å². The number of rotatable bonds is 3. The molecule has 0 unspecified atom stereocenters. The van der Waals surface area contributed by atoms with Gasteiger partial charge in [-0.15, -0.1) is 0 Å². The van der Waals surface area contributed by atoms with E-state index in [0.29, 0.717) is 0 Å². The molecule has 2 rings (SSSR count). The number of hydrogen-bond donors (Lipinski definition) is 2. The van der Waals surface area contributed by atoms with Crippen LogP contribution in [0.2, 0.25) is 0 Å². The monoisotopic (exact) mass is 246 g/mol. The van der Waals surface area contributed by atoms with Crippen molar-refractivity contribution in [2.24, 2.45) is 5.92 Å². The molecule has 1 aliphatic rings. The van der Waals surface area contributed by atoms with Crippen LogP contribution in [0.5, 0.6) is 0 Å². The summed E-state index contributed by atoms with van der Waals surface area (Å²) in [4.78, 5) is 23.6. The van der Waals surface area contributed by atoms with Crippen LogP contribution in [0.15, 0.2) is 30.3 Å². The molecule has 1 aromatic rings. The minimum absolute atomic E-state index is 0.0222. The van der Waals surface area contributed by atoms with Crippen LogP contribution in [0.4, 0.5) is 0 Å². The molecule has 4 heteroatoms. The van der Waals surface area contributed by atoms with Crippen LogP contribution < -0.4 is 10.6 Å². The predicted molar refractivity (Wildman–Crippen MR) is 68.9 cm³/mol. The SMILES string of the molecule is O=C(Cc1ccccc1)NC(=O)C1CCNCC1. The van der Waals surface area contributed by atoms with Crippen LogP contribution in [0.3, 0.4) is 0 Å². The van der Waals surface area contributed by atoms with Gasteiger partial charge in [-0.3, -0.25) is 14.9 Å². The Morgan fingerprint density at radius 2 is 1.83 bits per heavy atom. The van der Waals surface area contributed by atoms with Crippen LogP contribution in [-0.4, -0.2) is 24.9 Å². The van der Waals surface area contributed by atoms with Crippen LogP contribution in [0.1, 0.15) is 18.4 Å². The van der Waals surface area contributed by atoms with Crippen LogP contribution in [-0.2, 0) is 16.0 Å². The smallest absolute Gasteiger partial charge is 0.230 e. The third kappa shape index (κ3) is 3.67. The summed E-state index contributed by atoms with van der Waals surface area (Å²) < 4.78 is 0. The van der Waals surface area contributed by atoms with E-state index in [1.54, 1.807) is 0 Å². The standard InChI is InChI=1S/C14H18N2O2/c17-13(10-11-4-2-1-3-5-11)16-14(18)12-6-8-15-9-7-12/h1-5,12,15H,6-10H2,(H,16,17,18). The fourth-order valence-corrected chi connectivity index (χ4v) is 2.15. The maximum atomic E-state index is 11.8. The highest BCUT2D eigenvalue weighted by atomic mass is 16.2. The fourth-order valence-electron chi connectivity index (χ4n) is 2.15. The molecule has 0 radical (unpaired) electrons. The van der Waals surface area contributed by atoms with Gasteiger partial charge < -0.3 is 5.32 Å². The summed E-state index contributed by atoms with van der Waals surface area (Å²) in [5.41, 5.74) is 0.924. The van der Waals surface area contributed by atoms with Crippen molar-refractivity contribution in [1.29, 1.82) is 0 Å². The van der Waals surface area contributed by atoms with E-state index in [2.05, 4.69) is 10.6 Å². The van der Waals surface area contributed by atoms with Crippen molar-refractivity contribution in [3.63, 3.8) is 0 Å². The molecule has 96 valence electrons. The quantitative estimate of drug-likeness (QED) is 0.832. The summed E-state index contributed by atoms with van der Waals surface area (Å²) in [6.45, 7) is 1.70. The van der Waals surface area contributed by atoms with Gasteiger partial charge in [0.15, 0.2) is 0 Å². The predicted octanol–water partition coefficient (Wildman–Crippen LogP) is 0.871. The Labute approximate surface area is 107 Å². The number of carbonyl (C=O) groups is 2. The second kappa shape index (κ2) is 6.31. The molecule has 0 atom stereocenters. The van der Waals surface area contributed by atoms with Crippen molar-refractivity contribution in [1.82, 2.24) is 10.6 Å². The average molecular weight is 246 g/mol. The maximum absolute atomic E-state index is 11.8. The van der Waals surface area contributed by atoms with Crippen molar-refractivity contribution in [3.05, 3.63) is 35.9 Å². The van der Waals surface area contributed by atoms with E-state index in [1.165, 1.54) is 0 Å². The van der Waals surface area contributed by atoms with Gasteiger partial charge in [-0.2, -0.15) is 0 Å². The number of carbonyl (C=O) groups excluding carboxylic acids is 2. The molecule has 1 heterocycles. The van der Waals surface area contributed by atoms with Gasteiger partial charge in [0.05, 0.1) is 6.42 Å². The first kappa shape index (κ1) is 12.8. The minimum Gasteiger partial charge on any atom is -0.317 e. The lowest BCUT2D eigenvalue weighted by Crippen LogP contribution is -2.41. The number of imide groups is 1. The highest BCUT2D eigenvalue weighted by molar-refractivity contribution is 5.97. The number of amides is 2. The Balaban J connectivity index is 1.82. The summed E-state index contributed by atoms with van der Waals surface area (Å²) >= 11 is 0. The Morgan fingerprint density at radius 3 is 2.50 bits per heavy atom. The van der Waals surface area contributed by atoms with Gasteiger partial charge in [-0.1, -0.05) is 30.3 Å². The Morgan fingerprint density at radius 1 is 1.17 bits per heavy atom. The van der Waals surface area contributed by atoms with Gasteiger partial charge >= 0.3 is 0 Å². The van der Waals surface area contributed by atoms with Crippen LogP contribution in [0.25, 0.3) is 0 Å². The van der Waals surface area contributed by atoms with Gasteiger partial charge in [-0.05, 0) is 31.5 Å². The molecule has 1 aromatic carbocycles.